The molecule has 6 nitrogen and oxygen atoms in total. The van der Waals surface area contributed by atoms with Crippen molar-refractivity contribution in [1.29, 1.82) is 0 Å². The fourth-order valence-corrected chi connectivity index (χ4v) is 3.79. The number of likely N-dealkylation sites (tertiary alicyclic amines) is 1. The Bertz CT molecular complexity index is 940. The molecule has 1 N–H and O–H groups in total. The Balaban J connectivity index is 1.77. The van der Waals surface area contributed by atoms with E-state index in [1.54, 1.807) is 11.1 Å². The number of carbonyl (C=O) groups is 2. The predicted molar refractivity (Wildman–Crippen MR) is 113 cm³/mol. The van der Waals surface area contributed by atoms with Crippen molar-refractivity contribution in [1.82, 2.24) is 14.9 Å². The number of nitrogens with zero attached hydrogens (tertiary/aromatic N) is 2. The van der Waals surface area contributed by atoms with E-state index in [9.17, 15) is 9.59 Å². The fraction of sp³-hybridized carbons (Fsp3) is 0.409. The summed E-state index contributed by atoms with van der Waals surface area (Å²) in [6, 6.07) is 7.57. The standard InChI is InChI=1S/C22H24BrN3O3/c1-14(2)19(22(28)29-3)21(27)26-12-4-5-18(26)20-24-13-17(25-20)11-8-15-6-9-16(23)10-7-15/h6-7,9-10,13-14,18-19H,4-5,12H2,1-3H3,(H,24,25). The molecule has 152 valence electrons. The van der Waals surface area contributed by atoms with Crippen molar-refractivity contribution in [3.8, 4) is 11.8 Å². The van der Waals surface area contributed by atoms with Gasteiger partial charge in [0, 0.05) is 16.6 Å². The van der Waals surface area contributed by atoms with Gasteiger partial charge in [-0.15, -0.1) is 0 Å². The quantitative estimate of drug-likeness (QED) is 0.431. The molecule has 1 aromatic carbocycles. The zero-order chi connectivity index (χ0) is 21.0. The second-order valence-corrected chi connectivity index (χ2v) is 8.29. The zero-order valence-electron chi connectivity index (χ0n) is 16.7. The molecule has 2 heterocycles. The van der Waals surface area contributed by atoms with Gasteiger partial charge in [-0.2, -0.15) is 0 Å². The van der Waals surface area contributed by atoms with Crippen LogP contribution in [0.3, 0.4) is 0 Å². The van der Waals surface area contributed by atoms with Crippen molar-refractivity contribution in [2.75, 3.05) is 13.7 Å². The first-order chi connectivity index (χ1) is 13.9. The Morgan fingerprint density at radius 3 is 2.66 bits per heavy atom. The second-order valence-electron chi connectivity index (χ2n) is 7.37. The molecule has 0 saturated carbocycles. The first-order valence-electron chi connectivity index (χ1n) is 9.61. The summed E-state index contributed by atoms with van der Waals surface area (Å²) in [6.45, 7) is 4.31. The number of carbonyl (C=O) groups excluding carboxylic acids is 2. The van der Waals surface area contributed by atoms with Crippen molar-refractivity contribution in [3.63, 3.8) is 0 Å². The van der Waals surface area contributed by atoms with E-state index in [-0.39, 0.29) is 17.9 Å². The highest BCUT2D eigenvalue weighted by Crippen LogP contribution is 2.32. The van der Waals surface area contributed by atoms with Crippen molar-refractivity contribution in [3.05, 3.63) is 52.0 Å². The van der Waals surface area contributed by atoms with Crippen molar-refractivity contribution < 1.29 is 14.3 Å². The van der Waals surface area contributed by atoms with Crippen molar-refractivity contribution in [2.24, 2.45) is 11.8 Å². The summed E-state index contributed by atoms with van der Waals surface area (Å²) in [7, 11) is 1.31. The fourth-order valence-electron chi connectivity index (χ4n) is 3.52. The van der Waals surface area contributed by atoms with Gasteiger partial charge >= 0.3 is 5.97 Å². The van der Waals surface area contributed by atoms with Gasteiger partial charge in [-0.3, -0.25) is 9.59 Å². The number of halogens is 1. The summed E-state index contributed by atoms with van der Waals surface area (Å²) >= 11 is 3.41. The lowest BCUT2D eigenvalue weighted by molar-refractivity contribution is -0.156. The van der Waals surface area contributed by atoms with E-state index in [1.165, 1.54) is 7.11 Å². The van der Waals surface area contributed by atoms with Crippen LogP contribution in [0.4, 0.5) is 0 Å². The summed E-state index contributed by atoms with van der Waals surface area (Å²) in [4.78, 5) is 34.6. The maximum absolute atomic E-state index is 13.1. The second kappa shape index (κ2) is 9.27. The number of benzene rings is 1. The number of aromatic nitrogens is 2. The number of imidazole rings is 1. The van der Waals surface area contributed by atoms with Gasteiger partial charge in [0.1, 0.15) is 17.4 Å². The van der Waals surface area contributed by atoms with Crippen LogP contribution < -0.4 is 0 Å². The van der Waals surface area contributed by atoms with Gasteiger partial charge in [0.15, 0.2) is 0 Å². The molecular weight excluding hydrogens is 434 g/mol. The lowest BCUT2D eigenvalue weighted by Crippen LogP contribution is -2.42. The topological polar surface area (TPSA) is 75.3 Å². The number of ether oxygens (including phenoxy) is 1. The van der Waals surface area contributed by atoms with E-state index in [1.807, 2.05) is 38.1 Å². The third kappa shape index (κ3) is 4.88. The summed E-state index contributed by atoms with van der Waals surface area (Å²) in [5.74, 6) is 5.24. The van der Waals surface area contributed by atoms with Crippen LogP contribution >= 0.6 is 15.9 Å². The van der Waals surface area contributed by atoms with Gasteiger partial charge in [0.2, 0.25) is 5.91 Å². The average molecular weight is 458 g/mol. The molecule has 1 fully saturated rings. The zero-order valence-corrected chi connectivity index (χ0v) is 18.3. The van der Waals surface area contributed by atoms with Gasteiger partial charge in [-0.05, 0) is 48.9 Å². The van der Waals surface area contributed by atoms with Crippen LogP contribution in [0.15, 0.2) is 34.9 Å². The van der Waals surface area contributed by atoms with Crippen molar-refractivity contribution >= 4 is 27.8 Å². The minimum absolute atomic E-state index is 0.139. The monoisotopic (exact) mass is 457 g/mol. The SMILES string of the molecule is COC(=O)C(C(=O)N1CCCC1c1ncc(C#Cc2ccc(Br)cc2)[nH]1)C(C)C. The van der Waals surface area contributed by atoms with Gasteiger partial charge in [-0.1, -0.05) is 35.7 Å². The lowest BCUT2D eigenvalue weighted by atomic mass is 9.94. The van der Waals surface area contributed by atoms with Crippen LogP contribution in [0.2, 0.25) is 0 Å². The first kappa shape index (κ1) is 21.1. The van der Waals surface area contributed by atoms with Gasteiger partial charge < -0.3 is 14.6 Å². The van der Waals surface area contributed by atoms with Gasteiger partial charge in [0.05, 0.1) is 19.3 Å². The van der Waals surface area contributed by atoms with E-state index in [4.69, 9.17) is 4.74 Å². The molecule has 2 unspecified atom stereocenters. The molecule has 2 atom stereocenters. The molecule has 3 rings (SSSR count). The average Bonchev–Trinajstić information content (AvgIpc) is 3.36. The van der Waals surface area contributed by atoms with E-state index in [0.29, 0.717) is 18.1 Å². The Labute approximate surface area is 179 Å². The van der Waals surface area contributed by atoms with Crippen LogP contribution in [0, 0.1) is 23.7 Å². The molecule has 2 aromatic rings. The van der Waals surface area contributed by atoms with Crippen LogP contribution in [0.5, 0.6) is 0 Å². The third-order valence-electron chi connectivity index (χ3n) is 5.02. The highest BCUT2D eigenvalue weighted by Gasteiger charge is 2.40. The summed E-state index contributed by atoms with van der Waals surface area (Å²) in [5, 5.41) is 0. The molecule has 1 aromatic heterocycles. The number of amides is 1. The minimum Gasteiger partial charge on any atom is -0.468 e. The smallest absolute Gasteiger partial charge is 0.318 e. The molecule has 0 radical (unpaired) electrons. The summed E-state index contributed by atoms with van der Waals surface area (Å²) in [6.07, 6.45) is 3.34. The molecular formula is C22H24BrN3O3. The van der Waals surface area contributed by atoms with Crippen molar-refractivity contribution in [2.45, 2.75) is 32.7 Å². The largest absolute Gasteiger partial charge is 0.468 e. The molecule has 0 bridgehead atoms. The third-order valence-corrected chi connectivity index (χ3v) is 5.55. The van der Waals surface area contributed by atoms with E-state index >= 15 is 0 Å². The number of hydrogen-bond acceptors (Lipinski definition) is 4. The molecule has 29 heavy (non-hydrogen) atoms. The molecule has 7 heteroatoms. The van der Waals surface area contributed by atoms with Gasteiger partial charge in [0.25, 0.3) is 0 Å². The number of aromatic amines is 1. The van der Waals surface area contributed by atoms with Gasteiger partial charge in [-0.25, -0.2) is 4.98 Å². The number of H-pyrrole nitrogens is 1. The lowest BCUT2D eigenvalue weighted by Gasteiger charge is -2.28. The Kier molecular flexibility index (Phi) is 6.75. The maximum Gasteiger partial charge on any atom is 0.318 e. The maximum atomic E-state index is 13.1. The molecule has 1 saturated heterocycles. The van der Waals surface area contributed by atoms with Crippen LogP contribution in [-0.2, 0) is 14.3 Å². The first-order valence-corrected chi connectivity index (χ1v) is 10.4. The number of hydrogen-bond donors (Lipinski definition) is 1. The Morgan fingerprint density at radius 2 is 2.00 bits per heavy atom. The molecule has 1 amide bonds. The number of methoxy groups -OCH3 is 1. The number of nitrogens with one attached hydrogen (secondary N) is 1. The van der Waals surface area contributed by atoms with E-state index in [0.717, 1.165) is 22.9 Å². The van der Waals surface area contributed by atoms with Crippen LogP contribution in [-0.4, -0.2) is 40.4 Å². The van der Waals surface area contributed by atoms with E-state index in [2.05, 4.69) is 37.7 Å². The highest BCUT2D eigenvalue weighted by molar-refractivity contribution is 9.10. The van der Waals surface area contributed by atoms with Crippen LogP contribution in [0.1, 0.15) is 49.8 Å². The Morgan fingerprint density at radius 1 is 1.28 bits per heavy atom. The molecule has 0 aliphatic carbocycles. The normalized spacial score (nSPS) is 17.0. The molecule has 1 aliphatic heterocycles. The van der Waals surface area contributed by atoms with Crippen LogP contribution in [0.25, 0.3) is 0 Å². The highest BCUT2D eigenvalue weighted by atomic mass is 79.9. The summed E-state index contributed by atoms with van der Waals surface area (Å²) < 4.78 is 5.85. The number of rotatable bonds is 4. The molecule has 0 spiro atoms. The Hall–Kier alpha value is -2.59. The van der Waals surface area contributed by atoms with E-state index < -0.39 is 11.9 Å². The molecule has 1 aliphatic rings. The predicted octanol–water partition coefficient (Wildman–Crippen LogP) is 3.68. The summed E-state index contributed by atoms with van der Waals surface area (Å²) in [5.41, 5.74) is 1.59. The number of esters is 1. The minimum atomic E-state index is -0.799.